The van der Waals surface area contributed by atoms with Gasteiger partial charge in [-0.2, -0.15) is 10.2 Å². The van der Waals surface area contributed by atoms with Crippen molar-refractivity contribution in [1.82, 2.24) is 24.5 Å². The van der Waals surface area contributed by atoms with Crippen LogP contribution in [0.15, 0.2) is 54.9 Å². The number of hydrogen-bond donors (Lipinski definition) is 2. The number of rotatable bonds is 6. The highest BCUT2D eigenvalue weighted by Gasteiger charge is 2.36. The third kappa shape index (κ3) is 4.45. The lowest BCUT2D eigenvalue weighted by Crippen LogP contribution is -2.25. The maximum atomic E-state index is 14.6. The highest BCUT2D eigenvalue weighted by Crippen LogP contribution is 2.37. The van der Waals surface area contributed by atoms with E-state index in [0.29, 0.717) is 59.5 Å². The molecule has 10 heteroatoms. The first-order chi connectivity index (χ1) is 19.2. The van der Waals surface area contributed by atoms with Crippen LogP contribution in [0.4, 0.5) is 10.2 Å². The molecular weight excluding hydrogens is 509 g/mol. The number of nitriles is 1. The first kappa shape index (κ1) is 25.2. The second kappa shape index (κ2) is 9.61. The van der Waals surface area contributed by atoms with Crippen molar-refractivity contribution < 1.29 is 14.2 Å². The third-order valence-electron chi connectivity index (χ3n) is 6.92. The predicted molar refractivity (Wildman–Crippen MR) is 149 cm³/mol. The van der Waals surface area contributed by atoms with Crippen molar-refractivity contribution in [2.45, 2.75) is 32.7 Å². The van der Waals surface area contributed by atoms with Gasteiger partial charge >= 0.3 is 0 Å². The Balaban J connectivity index is 1.33. The fourth-order valence-corrected chi connectivity index (χ4v) is 4.90. The Kier molecular flexibility index (Phi) is 6.07. The van der Waals surface area contributed by atoms with Crippen LogP contribution in [0.1, 0.15) is 30.5 Å². The number of hydrogen-bond acceptors (Lipinski definition) is 8. The number of imidazole rings is 1. The fourth-order valence-electron chi connectivity index (χ4n) is 4.90. The Bertz CT molecular complexity index is 1820. The molecule has 0 amide bonds. The van der Waals surface area contributed by atoms with E-state index in [0.717, 1.165) is 16.7 Å². The summed E-state index contributed by atoms with van der Waals surface area (Å²) in [6.07, 6.45) is 4.07. The van der Waals surface area contributed by atoms with E-state index in [1.54, 1.807) is 24.5 Å². The predicted octanol–water partition coefficient (Wildman–Crippen LogP) is 5.36. The molecule has 0 saturated carbocycles. The number of aromatic hydroxyl groups is 1. The molecule has 0 atom stereocenters. The lowest BCUT2D eigenvalue weighted by atomic mass is 9.98. The molecule has 6 rings (SSSR count). The summed E-state index contributed by atoms with van der Waals surface area (Å²) in [7, 11) is 0. The summed E-state index contributed by atoms with van der Waals surface area (Å²) in [5, 5.41) is 23.1. The van der Waals surface area contributed by atoms with E-state index in [1.807, 2.05) is 23.6 Å². The van der Waals surface area contributed by atoms with Gasteiger partial charge in [0.2, 0.25) is 0 Å². The molecule has 0 fully saturated rings. The maximum Gasteiger partial charge on any atom is 0.299 e. The zero-order valence-electron chi connectivity index (χ0n) is 22.2. The number of fused-ring (bicyclic) bond motifs is 3. The molecule has 0 aliphatic carbocycles. The number of aryl methyl sites for hydroxylation is 1. The van der Waals surface area contributed by atoms with Crippen LogP contribution < -0.4 is 10.1 Å². The molecule has 3 aromatic heterocycles. The quantitative estimate of drug-likeness (QED) is 0.298. The number of phenols is 1. The van der Waals surface area contributed by atoms with E-state index in [-0.39, 0.29) is 16.9 Å². The SMILES string of the molecule is Cc1cncc(-c2nc(NCCc3ccc(O)c(-c4cc(C#N)ccc4F)c3)c3nc4n(c3n2)C(C)(C)CO4)c1. The summed E-state index contributed by atoms with van der Waals surface area (Å²) in [4.78, 5) is 18.7. The van der Waals surface area contributed by atoms with Gasteiger partial charge < -0.3 is 15.2 Å². The molecule has 9 nitrogen and oxygen atoms in total. The van der Waals surface area contributed by atoms with Crippen molar-refractivity contribution in [2.24, 2.45) is 0 Å². The molecule has 1 aliphatic rings. The van der Waals surface area contributed by atoms with Crippen LogP contribution in [0.2, 0.25) is 0 Å². The summed E-state index contributed by atoms with van der Waals surface area (Å²) in [6, 6.07) is 13.6. The van der Waals surface area contributed by atoms with E-state index in [2.05, 4.69) is 24.1 Å². The minimum atomic E-state index is -0.510. The molecule has 0 unspecified atom stereocenters. The second-order valence-corrected chi connectivity index (χ2v) is 10.5. The minimum Gasteiger partial charge on any atom is -0.507 e. The minimum absolute atomic E-state index is 0.0604. The lowest BCUT2D eigenvalue weighted by Gasteiger charge is -2.18. The lowest BCUT2D eigenvalue weighted by molar-refractivity contribution is 0.268. The smallest absolute Gasteiger partial charge is 0.299 e. The molecule has 2 N–H and O–H groups in total. The zero-order valence-corrected chi connectivity index (χ0v) is 22.2. The van der Waals surface area contributed by atoms with E-state index in [4.69, 9.17) is 19.7 Å². The summed E-state index contributed by atoms with van der Waals surface area (Å²) >= 11 is 0. The van der Waals surface area contributed by atoms with Gasteiger partial charge in [-0.25, -0.2) is 14.4 Å². The molecule has 0 bridgehead atoms. The molecule has 0 saturated heterocycles. The summed E-state index contributed by atoms with van der Waals surface area (Å²) < 4.78 is 22.4. The Labute approximate surface area is 230 Å². The van der Waals surface area contributed by atoms with E-state index < -0.39 is 5.82 Å². The molecule has 1 aliphatic heterocycles. The van der Waals surface area contributed by atoms with Crippen LogP contribution in [-0.4, -0.2) is 42.8 Å². The maximum absolute atomic E-state index is 14.6. The molecule has 200 valence electrons. The largest absolute Gasteiger partial charge is 0.507 e. The Morgan fingerprint density at radius 1 is 1.10 bits per heavy atom. The third-order valence-corrected chi connectivity index (χ3v) is 6.92. The van der Waals surface area contributed by atoms with Crippen molar-refractivity contribution in [3.8, 4) is 40.3 Å². The molecule has 0 radical (unpaired) electrons. The van der Waals surface area contributed by atoms with Crippen molar-refractivity contribution in [3.05, 3.63) is 77.4 Å². The number of pyridine rings is 1. The number of benzene rings is 2. The summed E-state index contributed by atoms with van der Waals surface area (Å²) in [6.45, 7) is 7.10. The number of nitrogens with one attached hydrogen (secondary N) is 1. The number of phenolic OH excluding ortho intramolecular Hbond substituents is 1. The second-order valence-electron chi connectivity index (χ2n) is 10.5. The van der Waals surface area contributed by atoms with Gasteiger partial charge in [0.1, 0.15) is 18.2 Å². The van der Waals surface area contributed by atoms with Crippen LogP contribution in [0.25, 0.3) is 33.7 Å². The van der Waals surface area contributed by atoms with E-state index in [1.165, 1.54) is 24.3 Å². The number of aromatic nitrogens is 5. The Hall–Kier alpha value is -5.04. The van der Waals surface area contributed by atoms with Crippen LogP contribution in [0, 0.1) is 24.1 Å². The summed E-state index contributed by atoms with van der Waals surface area (Å²) in [5.74, 6) is 0.518. The van der Waals surface area contributed by atoms with Gasteiger partial charge in [0.25, 0.3) is 6.01 Å². The monoisotopic (exact) mass is 535 g/mol. The highest BCUT2D eigenvalue weighted by atomic mass is 19.1. The van der Waals surface area contributed by atoms with Gasteiger partial charge in [-0.1, -0.05) is 6.07 Å². The standard InChI is InChI=1S/C30H26FN7O2/c1-17-10-20(15-33-14-17)26-36-27(25-28(37-26)38-29(35-25)40-16-30(38,2)3)34-9-8-18-5-7-24(39)22(11-18)21-12-19(13-32)4-6-23(21)31/h4-7,10-12,14-15,39H,8-9,16H2,1-3H3,(H,34,36,37). The molecule has 0 spiro atoms. The van der Waals surface area contributed by atoms with Gasteiger partial charge in [-0.3, -0.25) is 9.55 Å². The van der Waals surface area contributed by atoms with Gasteiger partial charge in [0.05, 0.1) is 17.2 Å². The number of nitrogens with zero attached hydrogens (tertiary/aromatic N) is 6. The average Bonchev–Trinajstić information content (AvgIpc) is 3.47. The molecule has 2 aromatic carbocycles. The van der Waals surface area contributed by atoms with Gasteiger partial charge in [-0.15, -0.1) is 0 Å². The number of anilines is 1. The molecular formula is C30H26FN7O2. The average molecular weight is 536 g/mol. The van der Waals surface area contributed by atoms with Gasteiger partial charge in [-0.05, 0) is 74.7 Å². The summed E-state index contributed by atoms with van der Waals surface area (Å²) in [5.41, 5.74) is 4.44. The van der Waals surface area contributed by atoms with Crippen molar-refractivity contribution in [3.63, 3.8) is 0 Å². The first-order valence-corrected chi connectivity index (χ1v) is 12.8. The Morgan fingerprint density at radius 2 is 1.95 bits per heavy atom. The van der Waals surface area contributed by atoms with Gasteiger partial charge in [0, 0.05) is 35.6 Å². The fraction of sp³-hybridized carbons (Fsp3) is 0.233. The first-order valence-electron chi connectivity index (χ1n) is 12.8. The van der Waals surface area contributed by atoms with Crippen molar-refractivity contribution in [2.75, 3.05) is 18.5 Å². The molecule has 5 aromatic rings. The van der Waals surface area contributed by atoms with Crippen LogP contribution in [-0.2, 0) is 12.0 Å². The van der Waals surface area contributed by atoms with Crippen molar-refractivity contribution >= 4 is 17.0 Å². The number of ether oxygens (including phenoxy) is 1. The van der Waals surface area contributed by atoms with Gasteiger partial charge in [0.15, 0.2) is 22.8 Å². The van der Waals surface area contributed by atoms with E-state index in [9.17, 15) is 14.8 Å². The highest BCUT2D eigenvalue weighted by molar-refractivity contribution is 5.86. The van der Waals surface area contributed by atoms with Crippen LogP contribution >= 0.6 is 0 Å². The van der Waals surface area contributed by atoms with Crippen LogP contribution in [0.5, 0.6) is 11.8 Å². The zero-order chi connectivity index (χ0) is 28.0. The Morgan fingerprint density at radius 3 is 2.75 bits per heavy atom. The molecule has 4 heterocycles. The van der Waals surface area contributed by atoms with Crippen molar-refractivity contribution in [1.29, 1.82) is 5.26 Å². The normalized spacial score (nSPS) is 13.6. The van der Waals surface area contributed by atoms with E-state index >= 15 is 0 Å². The number of halogens is 1. The topological polar surface area (TPSA) is 122 Å². The van der Waals surface area contributed by atoms with Crippen LogP contribution in [0.3, 0.4) is 0 Å². The molecule has 40 heavy (non-hydrogen) atoms.